The zero-order chi connectivity index (χ0) is 12.4. The van der Waals surface area contributed by atoms with E-state index in [1.165, 1.54) is 0 Å². The Balaban J connectivity index is 2.01. The molecule has 0 spiro atoms. The molecule has 0 saturated heterocycles. The van der Waals surface area contributed by atoms with Crippen molar-refractivity contribution in [3.8, 4) is 0 Å². The highest BCUT2D eigenvalue weighted by atomic mass is 79.9. The number of benzene rings is 1. The summed E-state index contributed by atoms with van der Waals surface area (Å²) in [6, 6.07) is 7.61. The van der Waals surface area contributed by atoms with Crippen LogP contribution in [-0.2, 0) is 4.79 Å². The maximum atomic E-state index is 11.1. The van der Waals surface area contributed by atoms with Gasteiger partial charge < -0.3 is 5.11 Å². The normalized spacial score (nSPS) is 18.7. The molecule has 0 amide bonds. The number of carboxylic acid groups (broad SMARTS) is 1. The first-order chi connectivity index (χ1) is 8.08. The van der Waals surface area contributed by atoms with E-state index in [0.717, 1.165) is 22.9 Å². The molecule has 92 valence electrons. The van der Waals surface area contributed by atoms with Gasteiger partial charge in [0.25, 0.3) is 0 Å². The van der Waals surface area contributed by atoms with E-state index in [2.05, 4.69) is 21.2 Å². The van der Waals surface area contributed by atoms with E-state index in [0.29, 0.717) is 5.92 Å². The summed E-state index contributed by atoms with van der Waals surface area (Å²) in [5, 5.41) is 12.4. The summed E-state index contributed by atoms with van der Waals surface area (Å²) in [4.78, 5) is 11.1. The number of halogens is 1. The number of carbonyl (C=O) groups is 1. The first-order valence-electron chi connectivity index (χ1n) is 5.82. The predicted molar refractivity (Wildman–Crippen MR) is 69.8 cm³/mol. The average Bonchev–Trinajstić information content (AvgIpc) is 3.10. The molecule has 1 aromatic carbocycles. The maximum absolute atomic E-state index is 11.1. The lowest BCUT2D eigenvalue weighted by Crippen LogP contribution is -2.39. The molecule has 1 aliphatic carbocycles. The Morgan fingerprint density at radius 1 is 1.41 bits per heavy atom. The highest BCUT2D eigenvalue weighted by Crippen LogP contribution is 2.34. The highest BCUT2D eigenvalue weighted by Gasteiger charge is 2.36. The van der Waals surface area contributed by atoms with Gasteiger partial charge in [0.2, 0.25) is 0 Å². The van der Waals surface area contributed by atoms with Crippen LogP contribution in [0.1, 0.15) is 31.4 Å². The Morgan fingerprint density at radius 3 is 2.47 bits per heavy atom. The van der Waals surface area contributed by atoms with Gasteiger partial charge in [-0.05, 0) is 43.4 Å². The molecular weight excluding hydrogens is 282 g/mol. The molecule has 1 aromatic rings. The molecule has 0 heterocycles. The SMILES string of the molecule is CC(NC(C(=O)O)C1CC1)c1ccc(Br)cc1. The molecule has 2 rings (SSSR count). The largest absolute Gasteiger partial charge is 0.480 e. The van der Waals surface area contributed by atoms with Crippen molar-refractivity contribution < 1.29 is 9.90 Å². The second-order valence-electron chi connectivity index (χ2n) is 4.59. The molecule has 0 aliphatic heterocycles. The summed E-state index contributed by atoms with van der Waals surface area (Å²) in [5.74, 6) is -0.429. The van der Waals surface area contributed by atoms with E-state index >= 15 is 0 Å². The first-order valence-corrected chi connectivity index (χ1v) is 6.61. The van der Waals surface area contributed by atoms with Crippen molar-refractivity contribution in [3.63, 3.8) is 0 Å². The van der Waals surface area contributed by atoms with Crippen LogP contribution in [0.25, 0.3) is 0 Å². The quantitative estimate of drug-likeness (QED) is 0.878. The van der Waals surface area contributed by atoms with Crippen molar-refractivity contribution in [2.45, 2.75) is 31.8 Å². The van der Waals surface area contributed by atoms with Crippen LogP contribution < -0.4 is 5.32 Å². The minimum absolute atomic E-state index is 0.0600. The molecule has 2 atom stereocenters. The number of aliphatic carboxylic acids is 1. The number of hydrogen-bond acceptors (Lipinski definition) is 2. The van der Waals surface area contributed by atoms with E-state index < -0.39 is 12.0 Å². The maximum Gasteiger partial charge on any atom is 0.320 e. The molecule has 2 unspecified atom stereocenters. The summed E-state index contributed by atoms with van der Waals surface area (Å²) in [5.41, 5.74) is 1.11. The Hall–Kier alpha value is -0.870. The summed E-state index contributed by atoms with van der Waals surface area (Å²) >= 11 is 3.39. The molecule has 2 N–H and O–H groups in total. The molecule has 0 aromatic heterocycles. The minimum Gasteiger partial charge on any atom is -0.480 e. The van der Waals surface area contributed by atoms with Crippen molar-refractivity contribution >= 4 is 21.9 Å². The fourth-order valence-electron chi connectivity index (χ4n) is 1.96. The molecule has 0 bridgehead atoms. The van der Waals surface area contributed by atoms with Gasteiger partial charge in [-0.15, -0.1) is 0 Å². The van der Waals surface area contributed by atoms with Crippen LogP contribution in [-0.4, -0.2) is 17.1 Å². The molecule has 3 nitrogen and oxygen atoms in total. The standard InChI is InChI=1S/C13H16BrNO2/c1-8(9-4-6-11(14)7-5-9)15-12(13(16)17)10-2-3-10/h4-8,10,12,15H,2-3H2,1H3,(H,16,17). The van der Waals surface area contributed by atoms with E-state index in [1.807, 2.05) is 31.2 Å². The number of hydrogen-bond donors (Lipinski definition) is 2. The van der Waals surface area contributed by atoms with E-state index in [9.17, 15) is 4.79 Å². The van der Waals surface area contributed by atoms with Crippen molar-refractivity contribution in [2.75, 3.05) is 0 Å². The van der Waals surface area contributed by atoms with Crippen molar-refractivity contribution in [1.29, 1.82) is 0 Å². The van der Waals surface area contributed by atoms with Crippen LogP contribution in [0, 0.1) is 5.92 Å². The van der Waals surface area contributed by atoms with Gasteiger partial charge in [-0.25, -0.2) is 0 Å². The molecular formula is C13H16BrNO2. The fourth-order valence-corrected chi connectivity index (χ4v) is 2.22. The molecule has 1 saturated carbocycles. The van der Waals surface area contributed by atoms with Gasteiger partial charge in [0.1, 0.15) is 6.04 Å². The van der Waals surface area contributed by atoms with Gasteiger partial charge in [-0.1, -0.05) is 28.1 Å². The van der Waals surface area contributed by atoms with Crippen LogP contribution in [0.2, 0.25) is 0 Å². The second-order valence-corrected chi connectivity index (χ2v) is 5.51. The van der Waals surface area contributed by atoms with Crippen LogP contribution in [0.5, 0.6) is 0 Å². The number of rotatable bonds is 5. The Labute approximate surface area is 109 Å². The molecule has 0 radical (unpaired) electrons. The van der Waals surface area contributed by atoms with Gasteiger partial charge in [-0.3, -0.25) is 10.1 Å². The van der Waals surface area contributed by atoms with Gasteiger partial charge in [0, 0.05) is 10.5 Å². The van der Waals surface area contributed by atoms with E-state index in [4.69, 9.17) is 5.11 Å². The third kappa shape index (κ3) is 3.30. The zero-order valence-electron chi connectivity index (χ0n) is 9.69. The van der Waals surface area contributed by atoms with Gasteiger partial charge in [0.05, 0.1) is 0 Å². The minimum atomic E-state index is -0.739. The molecule has 1 fully saturated rings. The third-order valence-electron chi connectivity index (χ3n) is 3.16. The van der Waals surface area contributed by atoms with Crippen LogP contribution >= 0.6 is 15.9 Å². The summed E-state index contributed by atoms with van der Waals surface area (Å²) in [7, 11) is 0. The lowest BCUT2D eigenvalue weighted by molar-refractivity contribution is -0.140. The Kier molecular flexibility index (Phi) is 3.84. The number of carboxylic acids is 1. The summed E-state index contributed by atoms with van der Waals surface area (Å²) < 4.78 is 1.03. The third-order valence-corrected chi connectivity index (χ3v) is 3.69. The fraction of sp³-hybridized carbons (Fsp3) is 0.462. The van der Waals surface area contributed by atoms with Crippen LogP contribution in [0.15, 0.2) is 28.7 Å². The Bertz CT molecular complexity index is 400. The van der Waals surface area contributed by atoms with Crippen molar-refractivity contribution in [3.05, 3.63) is 34.3 Å². The first kappa shape index (κ1) is 12.6. The molecule has 17 heavy (non-hydrogen) atoms. The van der Waals surface area contributed by atoms with Crippen molar-refractivity contribution in [2.24, 2.45) is 5.92 Å². The van der Waals surface area contributed by atoms with Gasteiger partial charge in [-0.2, -0.15) is 0 Å². The average molecular weight is 298 g/mol. The molecule has 4 heteroatoms. The smallest absolute Gasteiger partial charge is 0.320 e. The molecule has 1 aliphatic rings. The van der Waals surface area contributed by atoms with Gasteiger partial charge >= 0.3 is 5.97 Å². The monoisotopic (exact) mass is 297 g/mol. The van der Waals surface area contributed by atoms with E-state index in [1.54, 1.807) is 0 Å². The Morgan fingerprint density at radius 2 is 2.00 bits per heavy atom. The zero-order valence-corrected chi connectivity index (χ0v) is 11.3. The summed E-state index contributed by atoms with van der Waals surface area (Å²) in [6.07, 6.45) is 2.05. The number of nitrogens with one attached hydrogen (secondary N) is 1. The summed E-state index contributed by atoms with van der Waals surface area (Å²) in [6.45, 7) is 2.00. The van der Waals surface area contributed by atoms with E-state index in [-0.39, 0.29) is 6.04 Å². The highest BCUT2D eigenvalue weighted by molar-refractivity contribution is 9.10. The van der Waals surface area contributed by atoms with Gasteiger partial charge in [0.15, 0.2) is 0 Å². The topological polar surface area (TPSA) is 49.3 Å². The van der Waals surface area contributed by atoms with Crippen LogP contribution in [0.3, 0.4) is 0 Å². The lowest BCUT2D eigenvalue weighted by atomic mass is 10.1. The predicted octanol–water partition coefficient (Wildman–Crippen LogP) is 2.96. The lowest BCUT2D eigenvalue weighted by Gasteiger charge is -2.20. The van der Waals surface area contributed by atoms with Crippen molar-refractivity contribution in [1.82, 2.24) is 5.32 Å². The second kappa shape index (κ2) is 5.19. The van der Waals surface area contributed by atoms with Crippen LogP contribution in [0.4, 0.5) is 0 Å².